The number of pyridine rings is 1. The number of amides is 1. The molecule has 3 N–H and O–H groups in total. The van der Waals surface area contributed by atoms with E-state index < -0.39 is 11.6 Å². The van der Waals surface area contributed by atoms with Gasteiger partial charge in [-0.2, -0.15) is 5.26 Å². The quantitative estimate of drug-likeness (QED) is 0.506. The Morgan fingerprint density at radius 1 is 1.30 bits per heavy atom. The van der Waals surface area contributed by atoms with Gasteiger partial charge in [0.1, 0.15) is 24.2 Å². The van der Waals surface area contributed by atoms with Gasteiger partial charge in [-0.1, -0.05) is 19.9 Å². The fraction of sp³-hybridized carbons (Fsp3) is 0.480. The normalized spacial score (nSPS) is 16.0. The zero-order valence-corrected chi connectivity index (χ0v) is 19.4. The van der Waals surface area contributed by atoms with Crippen LogP contribution in [0.4, 0.5) is 10.6 Å². The van der Waals surface area contributed by atoms with Crippen LogP contribution < -0.4 is 15.4 Å². The van der Waals surface area contributed by atoms with E-state index in [1.165, 1.54) is 0 Å². The first-order chi connectivity index (χ1) is 15.8. The van der Waals surface area contributed by atoms with Gasteiger partial charge in [-0.05, 0) is 67.5 Å². The van der Waals surface area contributed by atoms with Crippen LogP contribution >= 0.6 is 0 Å². The van der Waals surface area contributed by atoms with Gasteiger partial charge in [0, 0.05) is 25.5 Å². The molecular weight excluding hydrogens is 420 g/mol. The SMILES string of the molecule is CC(C)CC(C)(COc1ccc(-c2ccnc(NC3CCOCC3)c2)cc1C#N)NC(=O)O. The van der Waals surface area contributed by atoms with Gasteiger partial charge in [0.05, 0.1) is 11.1 Å². The predicted octanol–water partition coefficient (Wildman–Crippen LogP) is 4.66. The molecule has 33 heavy (non-hydrogen) atoms. The van der Waals surface area contributed by atoms with Gasteiger partial charge < -0.3 is 25.2 Å². The molecule has 0 saturated carbocycles. The molecule has 1 atom stereocenters. The number of nitriles is 1. The van der Waals surface area contributed by atoms with Crippen molar-refractivity contribution < 1.29 is 19.4 Å². The van der Waals surface area contributed by atoms with Crippen LogP contribution in [0.5, 0.6) is 5.75 Å². The molecule has 1 fully saturated rings. The van der Waals surface area contributed by atoms with Crippen molar-refractivity contribution in [3.63, 3.8) is 0 Å². The number of carboxylic acid groups (broad SMARTS) is 1. The minimum atomic E-state index is -1.10. The van der Waals surface area contributed by atoms with E-state index in [4.69, 9.17) is 9.47 Å². The van der Waals surface area contributed by atoms with Gasteiger partial charge in [0.2, 0.25) is 0 Å². The number of hydrogen-bond acceptors (Lipinski definition) is 6. The van der Waals surface area contributed by atoms with Crippen molar-refractivity contribution in [3.8, 4) is 22.9 Å². The van der Waals surface area contributed by atoms with Gasteiger partial charge >= 0.3 is 6.09 Å². The summed E-state index contributed by atoms with van der Waals surface area (Å²) >= 11 is 0. The number of ether oxygens (including phenoxy) is 2. The largest absolute Gasteiger partial charge is 0.490 e. The molecule has 176 valence electrons. The number of benzene rings is 1. The molecule has 1 aliphatic heterocycles. The maximum atomic E-state index is 11.3. The van der Waals surface area contributed by atoms with Crippen LogP contribution in [0.25, 0.3) is 11.1 Å². The average Bonchev–Trinajstić information content (AvgIpc) is 2.77. The molecule has 8 heteroatoms. The third-order valence-electron chi connectivity index (χ3n) is 5.58. The van der Waals surface area contributed by atoms with E-state index in [-0.39, 0.29) is 12.5 Å². The van der Waals surface area contributed by atoms with E-state index >= 15 is 0 Å². The number of rotatable bonds is 9. The number of nitrogens with zero attached hydrogens (tertiary/aromatic N) is 2. The van der Waals surface area contributed by atoms with E-state index in [9.17, 15) is 15.2 Å². The first-order valence-electron chi connectivity index (χ1n) is 11.3. The maximum absolute atomic E-state index is 11.3. The molecule has 0 aliphatic carbocycles. The van der Waals surface area contributed by atoms with Crippen LogP contribution in [0.15, 0.2) is 36.5 Å². The van der Waals surface area contributed by atoms with Crippen LogP contribution in [0.2, 0.25) is 0 Å². The molecule has 0 bridgehead atoms. The monoisotopic (exact) mass is 452 g/mol. The zero-order valence-electron chi connectivity index (χ0n) is 19.4. The molecule has 1 aliphatic rings. The lowest BCUT2D eigenvalue weighted by molar-refractivity contribution is 0.0904. The minimum absolute atomic E-state index is 0.125. The summed E-state index contributed by atoms with van der Waals surface area (Å²) in [6.45, 7) is 7.49. The third-order valence-corrected chi connectivity index (χ3v) is 5.58. The third kappa shape index (κ3) is 7.09. The highest BCUT2D eigenvalue weighted by Gasteiger charge is 2.29. The van der Waals surface area contributed by atoms with E-state index in [1.807, 2.05) is 39.0 Å². The topological polar surface area (TPSA) is 116 Å². The molecule has 1 aromatic heterocycles. The summed E-state index contributed by atoms with van der Waals surface area (Å²) in [6, 6.07) is 11.9. The van der Waals surface area contributed by atoms with Crippen LogP contribution in [0.3, 0.4) is 0 Å². The number of aromatic nitrogens is 1. The van der Waals surface area contributed by atoms with E-state index in [2.05, 4.69) is 21.7 Å². The highest BCUT2D eigenvalue weighted by atomic mass is 16.5. The molecule has 8 nitrogen and oxygen atoms in total. The molecule has 2 heterocycles. The van der Waals surface area contributed by atoms with Crippen molar-refractivity contribution >= 4 is 11.9 Å². The molecule has 0 radical (unpaired) electrons. The Morgan fingerprint density at radius 3 is 2.70 bits per heavy atom. The summed E-state index contributed by atoms with van der Waals surface area (Å²) in [5, 5.41) is 24.9. The summed E-state index contributed by atoms with van der Waals surface area (Å²) in [5.41, 5.74) is 1.46. The fourth-order valence-electron chi connectivity index (χ4n) is 4.21. The second-order valence-electron chi connectivity index (χ2n) is 9.16. The second-order valence-corrected chi connectivity index (χ2v) is 9.16. The van der Waals surface area contributed by atoms with Crippen molar-refractivity contribution in [3.05, 3.63) is 42.1 Å². The first-order valence-corrected chi connectivity index (χ1v) is 11.3. The molecule has 1 saturated heterocycles. The summed E-state index contributed by atoms with van der Waals surface area (Å²) in [6.07, 6.45) is 3.16. The Balaban J connectivity index is 1.75. The number of hydrogen-bond donors (Lipinski definition) is 3. The summed E-state index contributed by atoms with van der Waals surface area (Å²) in [4.78, 5) is 15.7. The average molecular weight is 453 g/mol. The van der Waals surface area contributed by atoms with Gasteiger partial charge in [-0.25, -0.2) is 9.78 Å². The lowest BCUT2D eigenvalue weighted by Gasteiger charge is -2.31. The summed E-state index contributed by atoms with van der Waals surface area (Å²) in [5.74, 6) is 1.50. The minimum Gasteiger partial charge on any atom is -0.490 e. The second kappa shape index (κ2) is 11.0. The molecule has 3 rings (SSSR count). The highest BCUT2D eigenvalue weighted by molar-refractivity contribution is 5.69. The van der Waals surface area contributed by atoms with Crippen molar-refractivity contribution in [1.29, 1.82) is 5.26 Å². The van der Waals surface area contributed by atoms with Gasteiger partial charge in [0.15, 0.2) is 0 Å². The smallest absolute Gasteiger partial charge is 0.405 e. The van der Waals surface area contributed by atoms with Crippen LogP contribution in [-0.2, 0) is 4.74 Å². The maximum Gasteiger partial charge on any atom is 0.405 e. The van der Waals surface area contributed by atoms with Crippen molar-refractivity contribution in [2.24, 2.45) is 5.92 Å². The zero-order chi connectivity index (χ0) is 23.8. The van der Waals surface area contributed by atoms with E-state index in [0.717, 1.165) is 43.0 Å². The molecular formula is C25H32N4O4. The van der Waals surface area contributed by atoms with Crippen molar-refractivity contribution in [2.45, 2.75) is 51.6 Å². The Labute approximate surface area is 194 Å². The Kier molecular flexibility index (Phi) is 8.12. The standard InChI is InChI=1S/C25H32N4O4/c1-17(2)14-25(3,29-24(30)31)16-33-22-5-4-18(12-20(22)15-26)19-6-9-27-23(13-19)28-21-7-10-32-11-8-21/h4-6,9,12-13,17,21,29H,7-8,10-11,14,16H2,1-3H3,(H,27,28)(H,30,31). The molecule has 1 aromatic carbocycles. The lowest BCUT2D eigenvalue weighted by atomic mass is 9.91. The van der Waals surface area contributed by atoms with E-state index in [1.54, 1.807) is 18.3 Å². The van der Waals surface area contributed by atoms with Crippen molar-refractivity contribution in [2.75, 3.05) is 25.1 Å². The fourth-order valence-corrected chi connectivity index (χ4v) is 4.21. The van der Waals surface area contributed by atoms with Gasteiger partial charge in [-0.15, -0.1) is 0 Å². The van der Waals surface area contributed by atoms with Crippen LogP contribution in [0.1, 0.15) is 45.6 Å². The molecule has 0 spiro atoms. The number of nitrogens with one attached hydrogen (secondary N) is 2. The lowest BCUT2D eigenvalue weighted by Crippen LogP contribution is -2.50. The molecule has 1 unspecified atom stereocenters. The Bertz CT molecular complexity index is 998. The highest BCUT2D eigenvalue weighted by Crippen LogP contribution is 2.29. The Morgan fingerprint density at radius 2 is 2.03 bits per heavy atom. The van der Waals surface area contributed by atoms with Crippen LogP contribution in [0, 0.1) is 17.2 Å². The van der Waals surface area contributed by atoms with Gasteiger partial charge in [0.25, 0.3) is 0 Å². The molecule has 1 amide bonds. The van der Waals surface area contributed by atoms with Crippen LogP contribution in [-0.4, -0.2) is 47.6 Å². The predicted molar refractivity (Wildman–Crippen MR) is 126 cm³/mol. The summed E-state index contributed by atoms with van der Waals surface area (Å²) < 4.78 is 11.3. The Hall–Kier alpha value is -3.31. The number of carbonyl (C=O) groups is 1. The number of anilines is 1. The van der Waals surface area contributed by atoms with Crippen molar-refractivity contribution in [1.82, 2.24) is 10.3 Å². The summed E-state index contributed by atoms with van der Waals surface area (Å²) in [7, 11) is 0. The first kappa shape index (κ1) is 24.3. The van der Waals surface area contributed by atoms with E-state index in [0.29, 0.717) is 23.8 Å². The van der Waals surface area contributed by atoms with Gasteiger partial charge in [-0.3, -0.25) is 0 Å². The molecule has 2 aromatic rings.